The lowest BCUT2D eigenvalue weighted by Crippen LogP contribution is -2.36. The Balaban J connectivity index is 1.14. The van der Waals surface area contributed by atoms with Gasteiger partial charge in [-0.1, -0.05) is 36.0 Å². The number of hydrogen-bond donors (Lipinski definition) is 0. The van der Waals surface area contributed by atoms with Gasteiger partial charge in [-0.3, -0.25) is 4.79 Å². The molecule has 3 aliphatic rings. The van der Waals surface area contributed by atoms with Crippen LogP contribution in [0.25, 0.3) is 5.57 Å². The second-order valence-electron chi connectivity index (χ2n) is 9.32. The largest absolute Gasteiger partial charge is 0.418 e. The summed E-state index contributed by atoms with van der Waals surface area (Å²) in [5, 5.41) is 9.34. The highest BCUT2D eigenvalue weighted by Crippen LogP contribution is 2.41. The van der Waals surface area contributed by atoms with Crippen molar-refractivity contribution in [3.05, 3.63) is 53.9 Å². The molecule has 2 fully saturated rings. The maximum atomic E-state index is 13.5. The fourth-order valence-corrected chi connectivity index (χ4v) is 6.19. The summed E-state index contributed by atoms with van der Waals surface area (Å²) in [6.45, 7) is 3.31. The third kappa shape index (κ3) is 5.04. The van der Waals surface area contributed by atoms with Gasteiger partial charge in [0.05, 0.1) is 5.56 Å². The van der Waals surface area contributed by atoms with E-state index < -0.39 is 11.7 Å². The molecule has 2 unspecified atom stereocenters. The Morgan fingerprint density at radius 1 is 1.17 bits per heavy atom. The molecule has 0 saturated carbocycles. The van der Waals surface area contributed by atoms with Gasteiger partial charge in [0, 0.05) is 56.2 Å². The van der Waals surface area contributed by atoms with Gasteiger partial charge in [-0.05, 0) is 43.5 Å². The molecular weight excluding hydrogens is 475 g/mol. The average molecular weight is 504 g/mol. The molecule has 2 atom stereocenters. The van der Waals surface area contributed by atoms with Crippen molar-refractivity contribution in [3.8, 4) is 0 Å². The summed E-state index contributed by atoms with van der Waals surface area (Å²) in [5.41, 5.74) is 0.554. The number of likely N-dealkylation sites (tertiary alicyclic amines) is 1. The van der Waals surface area contributed by atoms with Crippen LogP contribution >= 0.6 is 11.8 Å². The van der Waals surface area contributed by atoms with Crippen LogP contribution < -0.4 is 4.90 Å². The summed E-state index contributed by atoms with van der Waals surface area (Å²) in [7, 11) is 1.90. The highest BCUT2D eigenvalue weighted by molar-refractivity contribution is 7.99. The number of hydrogen-bond acceptors (Lipinski definition) is 6. The van der Waals surface area contributed by atoms with Crippen molar-refractivity contribution in [2.45, 2.75) is 36.6 Å². The standard InChI is InChI=1S/C25H28F3N5OS/c1-31-23(17-6-4-7-19(34)14-17)29-30-24(31)35-13-5-11-32-15-18-10-12-33(22(18)16-32)21-9-3-2-8-20(21)25(26,27)28/h2-4,6,8-9,14,18,22H,5,7,10-13,15-16H2,1H3. The monoisotopic (exact) mass is 503 g/mol. The molecule has 1 aliphatic carbocycles. The number of anilines is 1. The van der Waals surface area contributed by atoms with E-state index in [0.29, 0.717) is 30.4 Å². The van der Waals surface area contributed by atoms with Gasteiger partial charge in [-0.15, -0.1) is 10.2 Å². The van der Waals surface area contributed by atoms with Gasteiger partial charge in [0.25, 0.3) is 0 Å². The van der Waals surface area contributed by atoms with Crippen LogP contribution in [0.5, 0.6) is 0 Å². The Labute approximate surface area is 206 Å². The van der Waals surface area contributed by atoms with E-state index in [1.807, 2.05) is 28.7 Å². The molecule has 0 amide bonds. The van der Waals surface area contributed by atoms with Crippen molar-refractivity contribution in [3.63, 3.8) is 0 Å². The number of para-hydroxylation sites is 1. The number of ketones is 1. The molecule has 2 saturated heterocycles. The molecule has 35 heavy (non-hydrogen) atoms. The Bertz CT molecular complexity index is 1160. The highest BCUT2D eigenvalue weighted by Gasteiger charge is 2.44. The second-order valence-corrected chi connectivity index (χ2v) is 10.4. The van der Waals surface area contributed by atoms with Crippen LogP contribution in [0.15, 0.2) is 47.6 Å². The van der Waals surface area contributed by atoms with Crippen LogP contribution in [-0.4, -0.2) is 63.4 Å². The van der Waals surface area contributed by atoms with Crippen LogP contribution in [0.1, 0.15) is 30.7 Å². The molecule has 0 bridgehead atoms. The fraction of sp³-hybridized carbons (Fsp3) is 0.480. The smallest absolute Gasteiger partial charge is 0.366 e. The molecule has 1 aromatic carbocycles. The summed E-state index contributed by atoms with van der Waals surface area (Å²) in [4.78, 5) is 16.0. The van der Waals surface area contributed by atoms with E-state index in [9.17, 15) is 18.0 Å². The van der Waals surface area contributed by atoms with E-state index in [-0.39, 0.29) is 11.8 Å². The molecule has 6 nitrogen and oxygen atoms in total. The number of benzene rings is 1. The number of allylic oxidation sites excluding steroid dienone is 4. The van der Waals surface area contributed by atoms with E-state index in [4.69, 9.17) is 0 Å². The third-order valence-electron chi connectivity index (χ3n) is 7.02. The topological polar surface area (TPSA) is 54.3 Å². The fourth-order valence-electron chi connectivity index (χ4n) is 5.36. The molecule has 10 heteroatoms. The Morgan fingerprint density at radius 2 is 2.00 bits per heavy atom. The highest BCUT2D eigenvalue weighted by atomic mass is 32.2. The van der Waals surface area contributed by atoms with Gasteiger partial charge in [-0.2, -0.15) is 13.2 Å². The van der Waals surface area contributed by atoms with Gasteiger partial charge >= 0.3 is 6.18 Å². The lowest BCUT2D eigenvalue weighted by atomic mass is 10.0. The summed E-state index contributed by atoms with van der Waals surface area (Å²) in [6, 6.07) is 6.07. The van der Waals surface area contributed by atoms with Crippen molar-refractivity contribution in [2.24, 2.45) is 13.0 Å². The van der Waals surface area contributed by atoms with Gasteiger partial charge in [0.15, 0.2) is 16.8 Å². The predicted octanol–water partition coefficient (Wildman–Crippen LogP) is 4.44. The molecule has 3 heterocycles. The van der Waals surface area contributed by atoms with Crippen LogP contribution in [0.3, 0.4) is 0 Å². The molecule has 2 aromatic rings. The molecule has 0 spiro atoms. The van der Waals surface area contributed by atoms with Crippen LogP contribution in [0, 0.1) is 5.92 Å². The zero-order chi connectivity index (χ0) is 24.6. The number of alkyl halides is 3. The number of nitrogens with zero attached hydrogens (tertiary/aromatic N) is 5. The van der Waals surface area contributed by atoms with Crippen molar-refractivity contribution in [1.29, 1.82) is 0 Å². The summed E-state index contributed by atoms with van der Waals surface area (Å²) in [6.07, 6.45) is 3.31. The zero-order valence-corrected chi connectivity index (χ0v) is 20.4. The molecule has 2 aliphatic heterocycles. The number of carbonyl (C=O) groups is 1. The van der Waals surface area contributed by atoms with E-state index in [1.165, 1.54) is 12.1 Å². The van der Waals surface area contributed by atoms with Crippen molar-refractivity contribution in [2.75, 3.05) is 36.8 Å². The molecule has 5 rings (SSSR count). The van der Waals surface area contributed by atoms with Crippen molar-refractivity contribution < 1.29 is 18.0 Å². The molecular formula is C25H28F3N5OS. The first-order valence-corrected chi connectivity index (χ1v) is 12.9. The van der Waals surface area contributed by atoms with Gasteiger partial charge < -0.3 is 14.4 Å². The quantitative estimate of drug-likeness (QED) is 0.411. The van der Waals surface area contributed by atoms with E-state index >= 15 is 0 Å². The third-order valence-corrected chi connectivity index (χ3v) is 8.12. The van der Waals surface area contributed by atoms with Crippen LogP contribution in [0.4, 0.5) is 18.9 Å². The van der Waals surface area contributed by atoms with Gasteiger partial charge in [0.1, 0.15) is 0 Å². The van der Waals surface area contributed by atoms with Gasteiger partial charge in [-0.25, -0.2) is 0 Å². The maximum absolute atomic E-state index is 13.5. The lowest BCUT2D eigenvalue weighted by molar-refractivity contribution is -0.137. The number of fused-ring (bicyclic) bond motifs is 1. The first-order chi connectivity index (χ1) is 16.8. The van der Waals surface area contributed by atoms with E-state index in [2.05, 4.69) is 15.1 Å². The van der Waals surface area contributed by atoms with E-state index in [1.54, 1.807) is 30.0 Å². The van der Waals surface area contributed by atoms with Crippen molar-refractivity contribution in [1.82, 2.24) is 19.7 Å². The van der Waals surface area contributed by atoms with E-state index in [0.717, 1.165) is 49.0 Å². The number of carbonyl (C=O) groups excluding carboxylic acids is 1. The molecule has 186 valence electrons. The summed E-state index contributed by atoms with van der Waals surface area (Å²) in [5.74, 6) is 2.02. The Hall–Kier alpha value is -2.59. The Kier molecular flexibility index (Phi) is 6.76. The SMILES string of the molecule is Cn1c(SCCCN2CC3CCN(c4ccccc4C(F)(F)F)C3C2)nnc1C1=CC(=O)CC=C1. The minimum Gasteiger partial charge on any atom is -0.366 e. The van der Waals surface area contributed by atoms with Gasteiger partial charge in [0.2, 0.25) is 0 Å². The maximum Gasteiger partial charge on any atom is 0.418 e. The number of thioether (sulfide) groups is 1. The molecule has 0 radical (unpaired) electrons. The Morgan fingerprint density at radius 3 is 2.80 bits per heavy atom. The minimum atomic E-state index is -4.34. The first-order valence-electron chi connectivity index (χ1n) is 11.9. The average Bonchev–Trinajstić information content (AvgIpc) is 3.50. The predicted molar refractivity (Wildman–Crippen MR) is 130 cm³/mol. The number of aromatic nitrogens is 3. The number of halogens is 3. The lowest BCUT2D eigenvalue weighted by Gasteiger charge is -2.29. The normalized spacial score (nSPS) is 22.7. The molecule has 1 aromatic heterocycles. The summed E-state index contributed by atoms with van der Waals surface area (Å²) >= 11 is 1.63. The van der Waals surface area contributed by atoms with Crippen LogP contribution in [0.2, 0.25) is 0 Å². The van der Waals surface area contributed by atoms with Crippen LogP contribution in [-0.2, 0) is 18.0 Å². The summed E-state index contributed by atoms with van der Waals surface area (Å²) < 4.78 is 42.6. The zero-order valence-electron chi connectivity index (χ0n) is 19.5. The first kappa shape index (κ1) is 24.1. The molecule has 0 N–H and O–H groups in total. The minimum absolute atomic E-state index is 0.0653. The second kappa shape index (κ2) is 9.81. The van der Waals surface area contributed by atoms with Crippen molar-refractivity contribution >= 4 is 28.8 Å². The number of rotatable bonds is 7.